The van der Waals surface area contributed by atoms with Crippen molar-refractivity contribution in [1.29, 1.82) is 0 Å². The lowest BCUT2D eigenvalue weighted by atomic mass is 9.97. The molecule has 0 bridgehead atoms. The number of hydrogen-bond donors (Lipinski definition) is 5. The van der Waals surface area contributed by atoms with Crippen LogP contribution in [0.25, 0.3) is 0 Å². The van der Waals surface area contributed by atoms with Gasteiger partial charge in [0.15, 0.2) is 11.5 Å². The van der Waals surface area contributed by atoms with Crippen molar-refractivity contribution in [1.82, 2.24) is 10.6 Å². The number of phenolic OH excluding ortho intramolecular Hbond substituents is 2. The van der Waals surface area contributed by atoms with Crippen molar-refractivity contribution >= 4 is 11.8 Å². The molecule has 0 aliphatic carbocycles. The second-order valence-corrected chi connectivity index (χ2v) is 7.01. The highest BCUT2D eigenvalue weighted by atomic mass is 16.3. The number of amides is 2. The quantitative estimate of drug-likeness (QED) is 0.422. The molecule has 2 amide bonds. The van der Waals surface area contributed by atoms with Crippen molar-refractivity contribution in [3.8, 4) is 11.5 Å². The molecule has 1 rings (SSSR count). The van der Waals surface area contributed by atoms with Crippen LogP contribution in [-0.2, 0) is 16.0 Å². The molecule has 0 aliphatic rings. The molecule has 0 unspecified atom stereocenters. The standard InChI is InChI=1S/C19H31N3O4/c1-5-12(4)16(20)18(25)22-17(11(2)3)19(26)21-9-8-13-6-7-14(23)15(24)10-13/h6-7,10-12,16-17,23-24H,5,8-9,20H2,1-4H3,(H,21,26)(H,22,25)/t12-,16-,17-/m0/s1. The van der Waals surface area contributed by atoms with Gasteiger partial charge in [-0.15, -0.1) is 0 Å². The summed E-state index contributed by atoms with van der Waals surface area (Å²) in [6, 6.07) is 3.22. The molecule has 0 heterocycles. The van der Waals surface area contributed by atoms with E-state index in [0.717, 1.165) is 12.0 Å². The molecular weight excluding hydrogens is 334 g/mol. The minimum absolute atomic E-state index is 0.0352. The number of benzene rings is 1. The van der Waals surface area contributed by atoms with Crippen molar-refractivity contribution in [2.75, 3.05) is 6.54 Å². The Labute approximate surface area is 155 Å². The molecule has 0 radical (unpaired) electrons. The number of carbonyl (C=O) groups excluding carboxylic acids is 2. The predicted octanol–water partition coefficient (Wildman–Crippen LogP) is 1.27. The van der Waals surface area contributed by atoms with Crippen molar-refractivity contribution in [3.63, 3.8) is 0 Å². The van der Waals surface area contributed by atoms with Crippen LogP contribution >= 0.6 is 0 Å². The van der Waals surface area contributed by atoms with Crippen LogP contribution in [0, 0.1) is 11.8 Å². The largest absolute Gasteiger partial charge is 0.504 e. The predicted molar refractivity (Wildman–Crippen MR) is 101 cm³/mol. The Hall–Kier alpha value is -2.28. The van der Waals surface area contributed by atoms with E-state index in [4.69, 9.17) is 5.73 Å². The maximum Gasteiger partial charge on any atom is 0.242 e. The van der Waals surface area contributed by atoms with Gasteiger partial charge in [-0.25, -0.2) is 0 Å². The topological polar surface area (TPSA) is 125 Å². The molecular formula is C19H31N3O4. The van der Waals surface area contributed by atoms with Gasteiger partial charge in [0.2, 0.25) is 11.8 Å². The molecule has 0 saturated heterocycles. The molecule has 1 aromatic rings. The van der Waals surface area contributed by atoms with Crippen LogP contribution in [0.3, 0.4) is 0 Å². The zero-order valence-corrected chi connectivity index (χ0v) is 16.0. The van der Waals surface area contributed by atoms with E-state index < -0.39 is 12.1 Å². The lowest BCUT2D eigenvalue weighted by Crippen LogP contribution is -2.55. The first-order chi connectivity index (χ1) is 12.2. The van der Waals surface area contributed by atoms with E-state index in [0.29, 0.717) is 13.0 Å². The van der Waals surface area contributed by atoms with Gasteiger partial charge in [0.05, 0.1) is 6.04 Å². The van der Waals surface area contributed by atoms with E-state index in [1.54, 1.807) is 6.07 Å². The summed E-state index contributed by atoms with van der Waals surface area (Å²) in [6.45, 7) is 7.93. The second-order valence-electron chi connectivity index (χ2n) is 7.01. The zero-order chi connectivity index (χ0) is 19.9. The van der Waals surface area contributed by atoms with Crippen LogP contribution in [0.2, 0.25) is 0 Å². The van der Waals surface area contributed by atoms with Gasteiger partial charge in [0.1, 0.15) is 6.04 Å². The monoisotopic (exact) mass is 365 g/mol. The lowest BCUT2D eigenvalue weighted by Gasteiger charge is -2.25. The fourth-order valence-electron chi connectivity index (χ4n) is 2.46. The molecule has 6 N–H and O–H groups in total. The maximum atomic E-state index is 12.4. The Morgan fingerprint density at radius 3 is 2.31 bits per heavy atom. The summed E-state index contributed by atoms with van der Waals surface area (Å²) in [5.74, 6) is -1.02. The summed E-state index contributed by atoms with van der Waals surface area (Å²) in [6.07, 6.45) is 1.28. The van der Waals surface area contributed by atoms with Gasteiger partial charge in [-0.2, -0.15) is 0 Å². The SMILES string of the molecule is CC[C@H](C)[C@H](N)C(=O)N[C@H](C(=O)NCCc1ccc(O)c(O)c1)C(C)C. The number of aromatic hydroxyl groups is 2. The van der Waals surface area contributed by atoms with E-state index in [9.17, 15) is 19.8 Å². The molecule has 0 fully saturated rings. The third kappa shape index (κ3) is 6.22. The van der Waals surface area contributed by atoms with Crippen molar-refractivity contribution < 1.29 is 19.8 Å². The van der Waals surface area contributed by atoms with Gasteiger partial charge in [0, 0.05) is 6.54 Å². The van der Waals surface area contributed by atoms with Gasteiger partial charge in [0.25, 0.3) is 0 Å². The normalized spacial score (nSPS) is 14.5. The van der Waals surface area contributed by atoms with Crippen molar-refractivity contribution in [2.45, 2.75) is 52.6 Å². The zero-order valence-electron chi connectivity index (χ0n) is 16.0. The van der Waals surface area contributed by atoms with Gasteiger partial charge in [-0.1, -0.05) is 40.2 Å². The van der Waals surface area contributed by atoms with Gasteiger partial charge < -0.3 is 26.6 Å². The van der Waals surface area contributed by atoms with Gasteiger partial charge in [-0.3, -0.25) is 9.59 Å². The first-order valence-electron chi connectivity index (χ1n) is 9.01. The molecule has 7 nitrogen and oxygen atoms in total. The summed E-state index contributed by atoms with van der Waals surface area (Å²) in [7, 11) is 0. The van der Waals surface area contributed by atoms with Crippen molar-refractivity contribution in [2.24, 2.45) is 17.6 Å². The highest BCUT2D eigenvalue weighted by Crippen LogP contribution is 2.24. The average Bonchev–Trinajstić information content (AvgIpc) is 2.60. The summed E-state index contributed by atoms with van der Waals surface area (Å²) in [4.78, 5) is 24.7. The van der Waals surface area contributed by atoms with E-state index in [1.165, 1.54) is 12.1 Å². The number of phenols is 2. The minimum Gasteiger partial charge on any atom is -0.504 e. The average molecular weight is 365 g/mol. The molecule has 7 heteroatoms. The van der Waals surface area contributed by atoms with Crippen molar-refractivity contribution in [3.05, 3.63) is 23.8 Å². The molecule has 3 atom stereocenters. The maximum absolute atomic E-state index is 12.4. The summed E-state index contributed by atoms with van der Waals surface area (Å²) in [5, 5.41) is 24.3. The number of carbonyl (C=O) groups is 2. The van der Waals surface area contributed by atoms with E-state index in [1.807, 2.05) is 27.7 Å². The highest BCUT2D eigenvalue weighted by Gasteiger charge is 2.27. The van der Waals surface area contributed by atoms with Crippen LogP contribution in [0.5, 0.6) is 11.5 Å². The molecule has 0 aliphatic heterocycles. The molecule has 0 saturated carbocycles. The Morgan fingerprint density at radius 2 is 1.77 bits per heavy atom. The van der Waals surface area contributed by atoms with Crippen LogP contribution in [0.15, 0.2) is 18.2 Å². The Kier molecular flexibility index (Phi) is 8.38. The van der Waals surface area contributed by atoms with E-state index >= 15 is 0 Å². The fourth-order valence-corrected chi connectivity index (χ4v) is 2.46. The minimum atomic E-state index is -0.661. The Morgan fingerprint density at radius 1 is 1.12 bits per heavy atom. The van der Waals surface area contributed by atoms with Gasteiger partial charge >= 0.3 is 0 Å². The summed E-state index contributed by atoms with van der Waals surface area (Å²) < 4.78 is 0. The van der Waals surface area contributed by atoms with E-state index in [2.05, 4.69) is 10.6 Å². The first-order valence-corrected chi connectivity index (χ1v) is 9.01. The van der Waals surface area contributed by atoms with Crippen LogP contribution in [0.4, 0.5) is 0 Å². The summed E-state index contributed by atoms with van der Waals surface area (Å²) >= 11 is 0. The Balaban J connectivity index is 2.59. The molecule has 0 aromatic heterocycles. The number of hydrogen-bond acceptors (Lipinski definition) is 5. The van der Waals surface area contributed by atoms with Gasteiger partial charge in [-0.05, 0) is 36.0 Å². The number of rotatable bonds is 9. The molecule has 1 aromatic carbocycles. The number of nitrogens with one attached hydrogen (secondary N) is 2. The van der Waals surface area contributed by atoms with Crippen LogP contribution < -0.4 is 16.4 Å². The summed E-state index contributed by atoms with van der Waals surface area (Å²) in [5.41, 5.74) is 6.72. The molecule has 146 valence electrons. The third-order valence-corrected chi connectivity index (χ3v) is 4.56. The van der Waals surface area contributed by atoms with Crippen LogP contribution in [0.1, 0.15) is 39.7 Å². The first kappa shape index (κ1) is 21.8. The number of nitrogens with two attached hydrogens (primary N) is 1. The van der Waals surface area contributed by atoms with E-state index in [-0.39, 0.29) is 35.1 Å². The van der Waals surface area contributed by atoms with Crippen LogP contribution in [-0.4, -0.2) is 40.7 Å². The molecule has 26 heavy (non-hydrogen) atoms. The fraction of sp³-hybridized carbons (Fsp3) is 0.579. The lowest BCUT2D eigenvalue weighted by molar-refractivity contribution is -0.131. The highest BCUT2D eigenvalue weighted by molar-refractivity contribution is 5.90. The third-order valence-electron chi connectivity index (χ3n) is 4.56. The second kappa shape index (κ2) is 10.0. The smallest absolute Gasteiger partial charge is 0.242 e. The Bertz CT molecular complexity index is 619. The molecule has 0 spiro atoms.